The lowest BCUT2D eigenvalue weighted by Gasteiger charge is -2.38. The van der Waals surface area contributed by atoms with E-state index in [-0.39, 0.29) is 17.3 Å². The molecule has 4 heterocycles. The Balaban J connectivity index is 1.72. The number of H-pyrrole nitrogens is 2. The number of nitrogens with zero attached hydrogens (tertiary/aromatic N) is 4. The summed E-state index contributed by atoms with van der Waals surface area (Å²) in [5, 5.41) is 11.9. The third kappa shape index (κ3) is 2.89. The van der Waals surface area contributed by atoms with E-state index in [1.54, 1.807) is 18.5 Å². The van der Waals surface area contributed by atoms with Crippen molar-refractivity contribution in [2.45, 2.75) is 19.4 Å². The van der Waals surface area contributed by atoms with Crippen molar-refractivity contribution in [2.75, 3.05) is 29.5 Å². The molecule has 6 N–H and O–H groups in total. The zero-order valence-electron chi connectivity index (χ0n) is 15.5. The van der Waals surface area contributed by atoms with Crippen LogP contribution < -0.4 is 21.9 Å². The Kier molecular flexibility index (Phi) is 4.31. The molecule has 3 aromatic rings. The fourth-order valence-corrected chi connectivity index (χ4v) is 3.81. The monoisotopic (exact) mass is 378 g/mol. The Morgan fingerprint density at radius 2 is 2.14 bits per heavy atom. The smallest absolute Gasteiger partial charge is 0.287 e. The highest BCUT2D eigenvalue weighted by molar-refractivity contribution is 5.80. The number of nitrogens with two attached hydrogens (primary N) is 2. The van der Waals surface area contributed by atoms with Crippen LogP contribution in [-0.2, 0) is 0 Å². The summed E-state index contributed by atoms with van der Waals surface area (Å²) in [6.45, 7) is 3.66. The topological polar surface area (TPSA) is 146 Å². The maximum absolute atomic E-state index is 12.3. The summed E-state index contributed by atoms with van der Waals surface area (Å²) in [5.74, 6) is 1.59. The van der Waals surface area contributed by atoms with Crippen LogP contribution in [0.4, 0.5) is 17.3 Å². The summed E-state index contributed by atoms with van der Waals surface area (Å²) in [6.07, 6.45) is 4.22. The van der Waals surface area contributed by atoms with Crippen LogP contribution in [0, 0.1) is 17.2 Å². The SMILES string of the molecule is CC1CCN(c2ccc(C#N)cn2)CC1n1[nH]c(=O)c(N)c1-c1cc[nH]c1N. The van der Waals surface area contributed by atoms with E-state index >= 15 is 0 Å². The number of aromatic nitrogens is 4. The van der Waals surface area contributed by atoms with Gasteiger partial charge >= 0.3 is 0 Å². The summed E-state index contributed by atoms with van der Waals surface area (Å²) >= 11 is 0. The van der Waals surface area contributed by atoms with E-state index < -0.39 is 0 Å². The minimum Gasteiger partial charge on any atom is -0.392 e. The maximum Gasteiger partial charge on any atom is 0.287 e. The van der Waals surface area contributed by atoms with Gasteiger partial charge in [-0.1, -0.05) is 6.92 Å². The van der Waals surface area contributed by atoms with Crippen molar-refractivity contribution in [3.8, 4) is 17.3 Å². The lowest BCUT2D eigenvalue weighted by molar-refractivity contribution is 0.280. The molecule has 1 saturated heterocycles. The number of hydrogen-bond donors (Lipinski definition) is 4. The molecule has 0 radical (unpaired) electrons. The summed E-state index contributed by atoms with van der Waals surface area (Å²) in [4.78, 5) is 21.8. The molecule has 0 spiro atoms. The number of nitriles is 1. The molecule has 0 amide bonds. The van der Waals surface area contributed by atoms with E-state index in [2.05, 4.69) is 33.0 Å². The van der Waals surface area contributed by atoms with Gasteiger partial charge in [0.15, 0.2) is 0 Å². The molecule has 1 aliphatic rings. The Bertz CT molecular complexity index is 1080. The van der Waals surface area contributed by atoms with E-state index in [1.165, 1.54) is 0 Å². The number of aromatic amines is 2. The summed E-state index contributed by atoms with van der Waals surface area (Å²) in [6, 6.07) is 7.50. The van der Waals surface area contributed by atoms with Gasteiger partial charge in [-0.15, -0.1) is 0 Å². The lowest BCUT2D eigenvalue weighted by atomic mass is 9.93. The first-order chi connectivity index (χ1) is 13.5. The summed E-state index contributed by atoms with van der Waals surface area (Å²) in [7, 11) is 0. The lowest BCUT2D eigenvalue weighted by Crippen LogP contribution is -2.42. The van der Waals surface area contributed by atoms with E-state index in [0.717, 1.165) is 18.8 Å². The molecule has 4 rings (SSSR count). The number of anilines is 3. The van der Waals surface area contributed by atoms with E-state index in [4.69, 9.17) is 16.7 Å². The van der Waals surface area contributed by atoms with Gasteiger partial charge in [0, 0.05) is 31.0 Å². The van der Waals surface area contributed by atoms with Crippen LogP contribution in [-0.4, -0.2) is 32.8 Å². The first-order valence-corrected chi connectivity index (χ1v) is 9.14. The van der Waals surface area contributed by atoms with E-state index in [9.17, 15) is 4.79 Å². The molecule has 28 heavy (non-hydrogen) atoms. The van der Waals surface area contributed by atoms with Gasteiger partial charge in [-0.2, -0.15) is 5.26 Å². The predicted octanol–water partition coefficient (Wildman–Crippen LogP) is 1.69. The van der Waals surface area contributed by atoms with Gasteiger partial charge in [-0.25, -0.2) is 4.98 Å². The molecule has 0 aliphatic carbocycles. The van der Waals surface area contributed by atoms with Gasteiger partial charge in [-0.3, -0.25) is 14.6 Å². The quantitative estimate of drug-likeness (QED) is 0.545. The second-order valence-corrected chi connectivity index (χ2v) is 7.17. The molecular weight excluding hydrogens is 356 g/mol. The van der Waals surface area contributed by atoms with Crippen molar-refractivity contribution in [3.05, 3.63) is 46.5 Å². The third-order valence-corrected chi connectivity index (χ3v) is 5.45. The molecular formula is C19H22N8O. The van der Waals surface area contributed by atoms with Gasteiger partial charge in [0.05, 0.1) is 17.3 Å². The average molecular weight is 378 g/mol. The van der Waals surface area contributed by atoms with Crippen molar-refractivity contribution in [1.82, 2.24) is 19.7 Å². The van der Waals surface area contributed by atoms with Crippen molar-refractivity contribution in [2.24, 2.45) is 5.92 Å². The van der Waals surface area contributed by atoms with Crippen LogP contribution in [0.15, 0.2) is 35.4 Å². The zero-order chi connectivity index (χ0) is 19.8. The van der Waals surface area contributed by atoms with Gasteiger partial charge < -0.3 is 21.4 Å². The summed E-state index contributed by atoms with van der Waals surface area (Å²) in [5.41, 5.74) is 13.8. The van der Waals surface area contributed by atoms with Crippen LogP contribution in [0.2, 0.25) is 0 Å². The van der Waals surface area contributed by atoms with E-state index in [0.29, 0.717) is 35.1 Å². The Morgan fingerprint density at radius 3 is 2.79 bits per heavy atom. The van der Waals surface area contributed by atoms with Crippen LogP contribution in [0.3, 0.4) is 0 Å². The molecule has 2 atom stereocenters. The van der Waals surface area contributed by atoms with Crippen molar-refractivity contribution in [1.29, 1.82) is 5.26 Å². The number of rotatable bonds is 3. The van der Waals surface area contributed by atoms with Crippen molar-refractivity contribution in [3.63, 3.8) is 0 Å². The largest absolute Gasteiger partial charge is 0.392 e. The van der Waals surface area contributed by atoms with Crippen molar-refractivity contribution >= 4 is 17.3 Å². The van der Waals surface area contributed by atoms with Crippen LogP contribution in [0.5, 0.6) is 0 Å². The first-order valence-electron chi connectivity index (χ1n) is 9.14. The van der Waals surface area contributed by atoms with Crippen molar-refractivity contribution < 1.29 is 0 Å². The standard InChI is InChI=1S/C19H22N8O/c1-11-5-7-26(15-3-2-12(8-20)9-24-15)10-14(11)27-17(16(21)19(28)25-27)13-4-6-23-18(13)22/h2-4,6,9,11,14,23H,5,7,10,21-22H2,1H3,(H,25,28). The third-order valence-electron chi connectivity index (χ3n) is 5.45. The average Bonchev–Trinajstić information content (AvgIpc) is 3.25. The predicted molar refractivity (Wildman–Crippen MR) is 108 cm³/mol. The first kappa shape index (κ1) is 17.7. The number of nitrogens with one attached hydrogen (secondary N) is 2. The van der Waals surface area contributed by atoms with Crippen LogP contribution in [0.25, 0.3) is 11.3 Å². The number of hydrogen-bond acceptors (Lipinski definition) is 6. The molecule has 9 nitrogen and oxygen atoms in total. The second kappa shape index (κ2) is 6.81. The molecule has 9 heteroatoms. The summed E-state index contributed by atoms with van der Waals surface area (Å²) < 4.78 is 1.84. The van der Waals surface area contributed by atoms with Gasteiger partial charge in [0.25, 0.3) is 5.56 Å². The van der Waals surface area contributed by atoms with Crippen LogP contribution >= 0.6 is 0 Å². The fourth-order valence-electron chi connectivity index (χ4n) is 3.81. The molecule has 1 fully saturated rings. The molecule has 0 saturated carbocycles. The zero-order valence-corrected chi connectivity index (χ0v) is 15.5. The minimum absolute atomic E-state index is 0.0134. The van der Waals surface area contributed by atoms with Gasteiger partial charge in [-0.05, 0) is 30.5 Å². The highest BCUT2D eigenvalue weighted by Gasteiger charge is 2.32. The molecule has 0 aromatic carbocycles. The fraction of sp³-hybridized carbons (Fsp3) is 0.316. The second-order valence-electron chi connectivity index (χ2n) is 7.17. The Hall–Kier alpha value is -3.67. The maximum atomic E-state index is 12.3. The molecule has 0 bridgehead atoms. The Labute approximate surface area is 161 Å². The van der Waals surface area contributed by atoms with Crippen LogP contribution in [0.1, 0.15) is 24.9 Å². The molecule has 2 unspecified atom stereocenters. The van der Waals surface area contributed by atoms with E-state index in [1.807, 2.05) is 16.8 Å². The highest BCUT2D eigenvalue weighted by Crippen LogP contribution is 2.36. The molecule has 144 valence electrons. The number of nitrogen functional groups attached to an aromatic ring is 2. The minimum atomic E-state index is -0.323. The Morgan fingerprint density at radius 1 is 1.32 bits per heavy atom. The van der Waals surface area contributed by atoms with Gasteiger partial charge in [0.2, 0.25) is 0 Å². The van der Waals surface area contributed by atoms with Gasteiger partial charge in [0.1, 0.15) is 23.4 Å². The normalized spacial score (nSPS) is 19.5. The number of pyridine rings is 1. The molecule has 1 aliphatic heterocycles. The highest BCUT2D eigenvalue weighted by atomic mass is 16.1. The molecule has 3 aromatic heterocycles. The number of piperidine rings is 1.